The molecule has 2 amide bonds. The number of thioether (sulfide) groups is 1. The highest BCUT2D eigenvalue weighted by Gasteiger charge is 2.41. The fourth-order valence-electron chi connectivity index (χ4n) is 3.84. The molecule has 5 nitrogen and oxygen atoms in total. The maximum atomic E-state index is 12.5. The van der Waals surface area contributed by atoms with Crippen molar-refractivity contribution in [1.29, 1.82) is 0 Å². The second kappa shape index (κ2) is 7.89. The van der Waals surface area contributed by atoms with Crippen LogP contribution in [0.1, 0.15) is 54.9 Å². The van der Waals surface area contributed by atoms with Gasteiger partial charge in [0.25, 0.3) is 5.91 Å². The van der Waals surface area contributed by atoms with Gasteiger partial charge >= 0.3 is 0 Å². The highest BCUT2D eigenvalue weighted by atomic mass is 32.2. The summed E-state index contributed by atoms with van der Waals surface area (Å²) in [7, 11) is 0. The number of amides is 2. The Hall–Kier alpha value is -1.83. The number of hydrogen-bond donors (Lipinski definition) is 3. The van der Waals surface area contributed by atoms with Crippen LogP contribution < -0.4 is 16.4 Å². The first kappa shape index (κ1) is 20.9. The van der Waals surface area contributed by atoms with Crippen LogP contribution in [0.2, 0.25) is 0 Å². The average Bonchev–Trinajstić information content (AvgIpc) is 2.92. The molecule has 1 aliphatic rings. The van der Waals surface area contributed by atoms with Crippen LogP contribution in [0.5, 0.6) is 0 Å². The molecule has 0 spiro atoms. The van der Waals surface area contributed by atoms with Gasteiger partial charge in [0.05, 0.1) is 5.56 Å². The van der Waals surface area contributed by atoms with Crippen LogP contribution in [0, 0.1) is 0 Å². The lowest BCUT2D eigenvalue weighted by molar-refractivity contribution is -0.115. The Kier molecular flexibility index (Phi) is 5.89. The first-order valence-corrected chi connectivity index (χ1v) is 11.1. The molecule has 1 aliphatic heterocycles. The van der Waals surface area contributed by atoms with E-state index in [9.17, 15) is 9.59 Å². The standard InChI is InChI=1S/C21H27N3O2S2/c1-20(2)12-14-16(18(22)26)19(28-17(14)21(3,4)24-20)23-15(25)10-11-27-13-8-6-5-7-9-13/h5-9,24H,10-12H2,1-4H3,(H2,22,26)(H,23,25). The normalized spacial score (nSPS) is 17.0. The van der Waals surface area contributed by atoms with Crippen LogP contribution in [-0.4, -0.2) is 23.1 Å². The quantitative estimate of drug-likeness (QED) is 0.617. The van der Waals surface area contributed by atoms with Crippen molar-refractivity contribution in [1.82, 2.24) is 5.32 Å². The van der Waals surface area contributed by atoms with Gasteiger partial charge in [-0.1, -0.05) is 18.2 Å². The van der Waals surface area contributed by atoms with Crippen LogP contribution >= 0.6 is 23.1 Å². The Labute approximate surface area is 174 Å². The molecule has 7 heteroatoms. The molecule has 0 saturated heterocycles. The van der Waals surface area contributed by atoms with E-state index in [1.54, 1.807) is 11.8 Å². The summed E-state index contributed by atoms with van der Waals surface area (Å²) in [5, 5.41) is 7.12. The summed E-state index contributed by atoms with van der Waals surface area (Å²) in [6, 6.07) is 9.98. The zero-order chi connectivity index (χ0) is 20.5. The van der Waals surface area contributed by atoms with Gasteiger partial charge in [-0.2, -0.15) is 0 Å². The van der Waals surface area contributed by atoms with Gasteiger partial charge in [0.1, 0.15) is 5.00 Å². The summed E-state index contributed by atoms with van der Waals surface area (Å²) < 4.78 is 0. The van der Waals surface area contributed by atoms with Crippen molar-refractivity contribution >= 4 is 39.9 Å². The van der Waals surface area contributed by atoms with Gasteiger partial charge in [-0.25, -0.2) is 0 Å². The fourth-order valence-corrected chi connectivity index (χ4v) is 6.01. The average molecular weight is 418 g/mol. The van der Waals surface area contributed by atoms with Crippen LogP contribution in [-0.2, 0) is 16.8 Å². The Morgan fingerprint density at radius 3 is 2.54 bits per heavy atom. The molecule has 0 unspecified atom stereocenters. The van der Waals surface area contributed by atoms with E-state index < -0.39 is 5.91 Å². The highest BCUT2D eigenvalue weighted by Crippen LogP contribution is 2.44. The number of anilines is 1. The van der Waals surface area contributed by atoms with Gasteiger partial charge in [0.2, 0.25) is 5.91 Å². The number of thiophene rings is 1. The third-order valence-electron chi connectivity index (χ3n) is 4.68. The monoisotopic (exact) mass is 417 g/mol. The van der Waals surface area contributed by atoms with Gasteiger partial charge in [-0.05, 0) is 51.8 Å². The van der Waals surface area contributed by atoms with Crippen molar-refractivity contribution in [3.8, 4) is 0 Å². The molecule has 0 radical (unpaired) electrons. The minimum absolute atomic E-state index is 0.102. The van der Waals surface area contributed by atoms with Crippen molar-refractivity contribution in [3.63, 3.8) is 0 Å². The summed E-state index contributed by atoms with van der Waals surface area (Å²) >= 11 is 3.09. The van der Waals surface area contributed by atoms with Gasteiger partial charge in [-0.3, -0.25) is 9.59 Å². The maximum Gasteiger partial charge on any atom is 0.251 e. The molecule has 0 bridgehead atoms. The third kappa shape index (κ3) is 4.59. The van der Waals surface area contributed by atoms with E-state index >= 15 is 0 Å². The van der Waals surface area contributed by atoms with Crippen LogP contribution in [0.4, 0.5) is 5.00 Å². The topological polar surface area (TPSA) is 84.2 Å². The summed E-state index contributed by atoms with van der Waals surface area (Å²) in [5.74, 6) is 0.0851. The first-order valence-electron chi connectivity index (χ1n) is 9.32. The predicted molar refractivity (Wildman–Crippen MR) is 117 cm³/mol. The lowest BCUT2D eigenvalue weighted by Crippen LogP contribution is -2.55. The number of nitrogens with one attached hydrogen (secondary N) is 2. The number of rotatable bonds is 6. The third-order valence-corrected chi connectivity index (χ3v) is 7.17. The molecule has 1 aromatic carbocycles. The molecule has 0 aliphatic carbocycles. The number of benzene rings is 1. The van der Waals surface area contributed by atoms with E-state index in [1.165, 1.54) is 11.3 Å². The zero-order valence-electron chi connectivity index (χ0n) is 16.7. The van der Waals surface area contributed by atoms with Gasteiger partial charge in [0, 0.05) is 33.0 Å². The smallest absolute Gasteiger partial charge is 0.251 e. The summed E-state index contributed by atoms with van der Waals surface area (Å²) in [4.78, 5) is 26.9. The molecule has 0 fully saturated rings. The summed E-state index contributed by atoms with van der Waals surface area (Å²) in [5.41, 5.74) is 6.68. The van der Waals surface area contributed by atoms with E-state index in [-0.39, 0.29) is 17.0 Å². The molecule has 1 aromatic heterocycles. The number of fused-ring (bicyclic) bond motifs is 1. The first-order chi connectivity index (χ1) is 13.1. The second-order valence-electron chi connectivity index (χ2n) is 8.25. The van der Waals surface area contributed by atoms with Crippen LogP contribution in [0.15, 0.2) is 35.2 Å². The van der Waals surface area contributed by atoms with E-state index in [0.29, 0.717) is 29.2 Å². The number of carbonyl (C=O) groups excluding carboxylic acids is 2. The van der Waals surface area contributed by atoms with E-state index in [4.69, 9.17) is 5.73 Å². The second-order valence-corrected chi connectivity index (χ2v) is 10.4. The van der Waals surface area contributed by atoms with Crippen LogP contribution in [0.25, 0.3) is 0 Å². The molecule has 0 atom stereocenters. The van der Waals surface area contributed by atoms with Gasteiger partial charge in [0.15, 0.2) is 0 Å². The number of nitrogens with two attached hydrogens (primary N) is 1. The SMILES string of the molecule is CC1(C)Cc2c(sc(NC(=O)CCSc3ccccc3)c2C(N)=O)C(C)(C)N1. The summed E-state index contributed by atoms with van der Waals surface area (Å²) in [6.45, 7) is 8.41. The number of primary amides is 1. The molecule has 3 rings (SSSR count). The Balaban J connectivity index is 1.76. The Morgan fingerprint density at radius 1 is 1.21 bits per heavy atom. The fraction of sp³-hybridized carbons (Fsp3) is 0.429. The minimum Gasteiger partial charge on any atom is -0.365 e. The van der Waals surface area contributed by atoms with E-state index in [1.807, 2.05) is 30.3 Å². The predicted octanol–water partition coefficient (Wildman–Crippen LogP) is 4.13. The van der Waals surface area contributed by atoms with E-state index in [0.717, 1.165) is 15.3 Å². The number of carbonyl (C=O) groups is 2. The lowest BCUT2D eigenvalue weighted by atomic mass is 9.81. The summed E-state index contributed by atoms with van der Waals surface area (Å²) in [6.07, 6.45) is 1.06. The maximum absolute atomic E-state index is 12.5. The molecule has 0 saturated carbocycles. The largest absolute Gasteiger partial charge is 0.365 e. The molecule has 150 valence electrons. The molecular weight excluding hydrogens is 390 g/mol. The zero-order valence-corrected chi connectivity index (χ0v) is 18.4. The van der Waals surface area contributed by atoms with Crippen molar-refractivity contribution in [3.05, 3.63) is 46.3 Å². The molecular formula is C21H27N3O2S2. The Morgan fingerprint density at radius 2 is 1.89 bits per heavy atom. The number of hydrogen-bond acceptors (Lipinski definition) is 5. The van der Waals surface area contributed by atoms with Crippen molar-refractivity contribution < 1.29 is 9.59 Å². The van der Waals surface area contributed by atoms with Gasteiger partial charge in [-0.15, -0.1) is 23.1 Å². The van der Waals surface area contributed by atoms with Gasteiger partial charge < -0.3 is 16.4 Å². The highest BCUT2D eigenvalue weighted by molar-refractivity contribution is 7.99. The molecule has 28 heavy (non-hydrogen) atoms. The molecule has 2 aromatic rings. The van der Waals surface area contributed by atoms with Crippen molar-refractivity contribution in [2.24, 2.45) is 5.73 Å². The minimum atomic E-state index is -0.486. The van der Waals surface area contributed by atoms with Crippen molar-refractivity contribution in [2.75, 3.05) is 11.1 Å². The van der Waals surface area contributed by atoms with E-state index in [2.05, 4.69) is 38.3 Å². The van der Waals surface area contributed by atoms with Crippen molar-refractivity contribution in [2.45, 2.75) is 56.5 Å². The lowest BCUT2D eigenvalue weighted by Gasteiger charge is -2.42. The molecule has 2 heterocycles. The van der Waals surface area contributed by atoms with Crippen LogP contribution in [0.3, 0.4) is 0 Å². The Bertz CT molecular complexity index is 889. The molecule has 4 N–H and O–H groups in total.